The Labute approximate surface area is 158 Å². The van der Waals surface area contributed by atoms with Crippen LogP contribution in [0.4, 0.5) is 0 Å². The van der Waals surface area contributed by atoms with E-state index in [4.69, 9.17) is 9.47 Å². The molecule has 0 amide bonds. The van der Waals surface area contributed by atoms with E-state index >= 15 is 0 Å². The molecule has 7 heteroatoms. The van der Waals surface area contributed by atoms with E-state index in [2.05, 4.69) is 9.88 Å². The molecule has 0 spiro atoms. The molecule has 2 bridgehead atoms. The van der Waals surface area contributed by atoms with Crippen molar-refractivity contribution in [3.8, 4) is 11.5 Å². The highest BCUT2D eigenvalue weighted by Gasteiger charge is 2.40. The van der Waals surface area contributed by atoms with Gasteiger partial charge in [-0.1, -0.05) is 6.07 Å². The molecule has 0 aliphatic carbocycles. The van der Waals surface area contributed by atoms with E-state index in [-0.39, 0.29) is 30.0 Å². The van der Waals surface area contributed by atoms with Crippen LogP contribution >= 0.6 is 0 Å². The summed E-state index contributed by atoms with van der Waals surface area (Å²) in [6, 6.07) is 7.02. The Kier molecular flexibility index (Phi) is 4.88. The van der Waals surface area contributed by atoms with Crippen LogP contribution in [0.3, 0.4) is 0 Å². The normalized spacial score (nSPS) is 24.3. The molecule has 1 saturated heterocycles. The predicted octanol–water partition coefficient (Wildman–Crippen LogP) is 1.41. The Balaban J connectivity index is 1.64. The van der Waals surface area contributed by atoms with Crippen LogP contribution in [0.5, 0.6) is 11.5 Å². The monoisotopic (exact) mass is 371 g/mol. The molecular formula is C20H25N3O4. The Bertz CT molecular complexity index is 882. The van der Waals surface area contributed by atoms with Gasteiger partial charge >= 0.3 is 0 Å². The number of pyridine rings is 2. The van der Waals surface area contributed by atoms with Gasteiger partial charge in [-0.15, -0.1) is 0 Å². The second-order valence-corrected chi connectivity index (χ2v) is 7.29. The van der Waals surface area contributed by atoms with E-state index in [1.165, 1.54) is 0 Å². The van der Waals surface area contributed by atoms with Crippen LogP contribution in [0, 0.1) is 5.92 Å². The van der Waals surface area contributed by atoms with Gasteiger partial charge in [-0.25, -0.2) is 0 Å². The number of aliphatic hydroxyl groups excluding tert-OH is 1. The lowest BCUT2D eigenvalue weighted by Gasteiger charge is -2.46. The number of piperidine rings is 1. The van der Waals surface area contributed by atoms with Gasteiger partial charge in [0, 0.05) is 49.6 Å². The fourth-order valence-corrected chi connectivity index (χ4v) is 4.68. The van der Waals surface area contributed by atoms with E-state index < -0.39 is 0 Å². The minimum absolute atomic E-state index is 0.0224. The lowest BCUT2D eigenvalue weighted by Crippen LogP contribution is -2.50. The summed E-state index contributed by atoms with van der Waals surface area (Å²) in [7, 11) is 3.24. The Hall–Kier alpha value is -2.38. The number of methoxy groups -OCH3 is 2. The van der Waals surface area contributed by atoms with Gasteiger partial charge in [0.2, 0.25) is 0 Å². The second-order valence-electron chi connectivity index (χ2n) is 7.29. The highest BCUT2D eigenvalue weighted by molar-refractivity contribution is 5.42. The SMILES string of the molecule is COc1ccnc(CN2C[C@H]3C[C@@H](C2)[C@H](CO)n2c3cccc2=O)c1OC. The highest BCUT2D eigenvalue weighted by Crippen LogP contribution is 2.41. The lowest BCUT2D eigenvalue weighted by molar-refractivity contribution is 0.0570. The molecule has 0 aromatic carbocycles. The maximum absolute atomic E-state index is 12.4. The average Bonchev–Trinajstić information content (AvgIpc) is 2.68. The maximum atomic E-state index is 12.4. The fraction of sp³-hybridized carbons (Fsp3) is 0.500. The van der Waals surface area contributed by atoms with Crippen LogP contribution in [0.25, 0.3) is 0 Å². The number of nitrogens with zero attached hydrogens (tertiary/aromatic N) is 3. The van der Waals surface area contributed by atoms with E-state index in [1.807, 2.05) is 12.1 Å². The van der Waals surface area contributed by atoms with E-state index in [9.17, 15) is 9.90 Å². The van der Waals surface area contributed by atoms with Gasteiger partial charge in [0.25, 0.3) is 5.56 Å². The minimum atomic E-state index is -0.173. The third kappa shape index (κ3) is 3.11. The van der Waals surface area contributed by atoms with Crippen LogP contribution in [0.15, 0.2) is 35.3 Å². The minimum Gasteiger partial charge on any atom is -0.493 e. The largest absolute Gasteiger partial charge is 0.493 e. The van der Waals surface area contributed by atoms with Crippen molar-refractivity contribution in [1.29, 1.82) is 0 Å². The Morgan fingerprint density at radius 1 is 1.22 bits per heavy atom. The Morgan fingerprint density at radius 2 is 2.07 bits per heavy atom. The summed E-state index contributed by atoms with van der Waals surface area (Å²) >= 11 is 0. The molecule has 7 nitrogen and oxygen atoms in total. The van der Waals surface area contributed by atoms with Crippen molar-refractivity contribution in [3.63, 3.8) is 0 Å². The lowest BCUT2D eigenvalue weighted by atomic mass is 9.78. The summed E-state index contributed by atoms with van der Waals surface area (Å²) in [6.45, 7) is 2.27. The van der Waals surface area contributed by atoms with Crippen LogP contribution in [0.2, 0.25) is 0 Å². The first-order valence-electron chi connectivity index (χ1n) is 9.26. The highest BCUT2D eigenvalue weighted by atomic mass is 16.5. The number of likely N-dealkylation sites (tertiary alicyclic amines) is 1. The summed E-state index contributed by atoms with van der Waals surface area (Å²) in [5.74, 6) is 1.84. The molecule has 1 fully saturated rings. The van der Waals surface area contributed by atoms with Crippen LogP contribution in [-0.2, 0) is 6.54 Å². The van der Waals surface area contributed by atoms with Crippen molar-refractivity contribution in [3.05, 3.63) is 52.2 Å². The zero-order valence-electron chi connectivity index (χ0n) is 15.7. The van der Waals surface area contributed by atoms with Gasteiger partial charge in [0.05, 0.1) is 26.9 Å². The van der Waals surface area contributed by atoms with Gasteiger partial charge in [-0.3, -0.25) is 14.7 Å². The Morgan fingerprint density at radius 3 is 2.81 bits per heavy atom. The number of ether oxygens (including phenoxy) is 2. The molecule has 0 radical (unpaired) electrons. The molecule has 2 aromatic rings. The van der Waals surface area contributed by atoms with Crippen LogP contribution in [-0.4, -0.2) is 53.5 Å². The van der Waals surface area contributed by atoms with Crippen molar-refractivity contribution in [1.82, 2.24) is 14.5 Å². The first-order chi connectivity index (χ1) is 13.2. The second kappa shape index (κ2) is 7.32. The zero-order chi connectivity index (χ0) is 19.0. The fourth-order valence-electron chi connectivity index (χ4n) is 4.68. The molecule has 27 heavy (non-hydrogen) atoms. The molecule has 2 aliphatic rings. The quantitative estimate of drug-likeness (QED) is 0.857. The number of rotatable bonds is 5. The number of aromatic nitrogens is 2. The number of hydrogen-bond donors (Lipinski definition) is 1. The molecule has 4 heterocycles. The molecule has 0 unspecified atom stereocenters. The third-order valence-corrected chi connectivity index (χ3v) is 5.80. The molecule has 2 aliphatic heterocycles. The zero-order valence-corrected chi connectivity index (χ0v) is 15.7. The third-order valence-electron chi connectivity index (χ3n) is 5.80. The summed E-state index contributed by atoms with van der Waals surface area (Å²) in [4.78, 5) is 19.2. The van der Waals surface area contributed by atoms with E-state index in [1.54, 1.807) is 37.1 Å². The number of aliphatic hydroxyl groups is 1. The summed E-state index contributed by atoms with van der Waals surface area (Å²) in [5.41, 5.74) is 1.83. The topological polar surface area (TPSA) is 76.8 Å². The maximum Gasteiger partial charge on any atom is 0.251 e. The molecular weight excluding hydrogens is 346 g/mol. The predicted molar refractivity (Wildman–Crippen MR) is 100 cm³/mol. The van der Waals surface area contributed by atoms with Crippen LogP contribution in [0.1, 0.15) is 29.8 Å². The van der Waals surface area contributed by atoms with Gasteiger partial charge in [-0.2, -0.15) is 0 Å². The van der Waals surface area contributed by atoms with Gasteiger partial charge in [0.1, 0.15) is 5.69 Å². The van der Waals surface area contributed by atoms with E-state index in [0.717, 1.165) is 30.9 Å². The smallest absolute Gasteiger partial charge is 0.251 e. The van der Waals surface area contributed by atoms with Crippen LogP contribution < -0.4 is 15.0 Å². The first kappa shape index (κ1) is 18.0. The summed E-state index contributed by atoms with van der Waals surface area (Å²) < 4.78 is 12.7. The number of fused-ring (bicyclic) bond motifs is 4. The van der Waals surface area contributed by atoms with Crippen molar-refractivity contribution in [2.45, 2.75) is 24.9 Å². The molecule has 3 atom stereocenters. The van der Waals surface area contributed by atoms with Crippen molar-refractivity contribution in [2.24, 2.45) is 5.92 Å². The molecule has 4 rings (SSSR count). The molecule has 2 aromatic heterocycles. The van der Waals surface area contributed by atoms with Crippen molar-refractivity contribution in [2.75, 3.05) is 33.9 Å². The van der Waals surface area contributed by atoms with Gasteiger partial charge in [-0.05, 0) is 18.4 Å². The summed E-state index contributed by atoms with van der Waals surface area (Å²) in [6.07, 6.45) is 2.72. The average molecular weight is 371 g/mol. The van der Waals surface area contributed by atoms with Gasteiger partial charge < -0.3 is 19.1 Å². The molecule has 1 N–H and O–H groups in total. The van der Waals surface area contributed by atoms with Crippen molar-refractivity contribution < 1.29 is 14.6 Å². The first-order valence-corrected chi connectivity index (χ1v) is 9.26. The van der Waals surface area contributed by atoms with E-state index in [0.29, 0.717) is 18.0 Å². The standard InChI is InChI=1S/C20H25N3O4/c1-26-18-6-7-21-15(20(18)27-2)11-22-9-13-8-14(10-22)17(12-24)23-16(13)4-3-5-19(23)25/h3-7,13-14,17,24H,8-12H2,1-2H3/t13-,14+,17+/m1/s1. The van der Waals surface area contributed by atoms with Gasteiger partial charge in [0.15, 0.2) is 11.5 Å². The summed E-state index contributed by atoms with van der Waals surface area (Å²) in [5, 5.41) is 9.97. The number of hydrogen-bond acceptors (Lipinski definition) is 6. The molecule has 144 valence electrons. The molecule has 0 saturated carbocycles. The van der Waals surface area contributed by atoms with Crippen molar-refractivity contribution >= 4 is 0 Å².